The van der Waals surface area contributed by atoms with Crippen molar-refractivity contribution in [3.8, 4) is 0 Å². The highest BCUT2D eigenvalue weighted by atomic mass is 31.1. The number of hydrogen-bond donors (Lipinski definition) is 0. The molecule has 1 heterocycles. The molecule has 0 N–H and O–H groups in total. The van der Waals surface area contributed by atoms with Crippen LogP contribution in [0, 0.1) is 0 Å². The van der Waals surface area contributed by atoms with Crippen LogP contribution in [0.1, 0.15) is 20.3 Å². The zero-order chi connectivity index (χ0) is 29.3. The summed E-state index contributed by atoms with van der Waals surface area (Å²) in [5, 5.41) is 4.97. The number of carbonyl (C=O) groups is 1. The zero-order valence-corrected chi connectivity index (χ0v) is 25.9. The topological polar surface area (TPSA) is 32.8 Å². The largest absolute Gasteiger partial charge is 0.463 e. The SMILES string of the molecule is C=CC/C(C(=O)OCC)=C(/C)B1N(P(c2ccccc2)c2ccccc2)C=CN1P(c1ccccc1)c1ccccc1. The summed E-state index contributed by atoms with van der Waals surface area (Å²) in [5.41, 5.74) is 1.62. The number of rotatable bonds is 11. The van der Waals surface area contributed by atoms with Crippen molar-refractivity contribution in [2.24, 2.45) is 0 Å². The third kappa shape index (κ3) is 6.44. The van der Waals surface area contributed by atoms with Gasteiger partial charge in [-0.1, -0.05) is 127 Å². The molecule has 0 saturated carbocycles. The van der Waals surface area contributed by atoms with Gasteiger partial charge in [0.25, 0.3) is 0 Å². The molecule has 1 aliphatic heterocycles. The van der Waals surface area contributed by atoms with Crippen LogP contribution in [-0.4, -0.2) is 28.7 Å². The van der Waals surface area contributed by atoms with Crippen LogP contribution < -0.4 is 21.2 Å². The van der Waals surface area contributed by atoms with Crippen LogP contribution in [-0.2, 0) is 9.53 Å². The van der Waals surface area contributed by atoms with Gasteiger partial charge in [-0.05, 0) is 47.0 Å². The smallest absolute Gasteiger partial charge is 0.414 e. The predicted molar refractivity (Wildman–Crippen MR) is 181 cm³/mol. The summed E-state index contributed by atoms with van der Waals surface area (Å²) in [6.45, 7) is 8.01. The van der Waals surface area contributed by atoms with Gasteiger partial charge in [0.2, 0.25) is 0 Å². The molecular weight excluding hydrogens is 553 g/mol. The molecule has 1 aliphatic rings. The minimum atomic E-state index is -0.971. The van der Waals surface area contributed by atoms with Crippen LogP contribution in [0.4, 0.5) is 0 Å². The van der Waals surface area contributed by atoms with Gasteiger partial charge in [0.15, 0.2) is 0 Å². The number of ether oxygens (including phenoxy) is 1. The van der Waals surface area contributed by atoms with Crippen molar-refractivity contribution in [1.82, 2.24) is 9.16 Å². The highest BCUT2D eigenvalue weighted by Crippen LogP contribution is 2.51. The Kier molecular flexibility index (Phi) is 10.1. The Balaban J connectivity index is 1.73. The van der Waals surface area contributed by atoms with E-state index in [1.54, 1.807) is 6.08 Å². The summed E-state index contributed by atoms with van der Waals surface area (Å²) in [5.74, 6) is -0.283. The number of benzene rings is 4. The maximum Gasteiger partial charge on any atom is 0.414 e. The van der Waals surface area contributed by atoms with Crippen molar-refractivity contribution in [3.05, 3.63) is 157 Å². The minimum absolute atomic E-state index is 0.220. The molecule has 4 nitrogen and oxygen atoms in total. The van der Waals surface area contributed by atoms with Gasteiger partial charge in [0.1, 0.15) is 0 Å². The van der Waals surface area contributed by atoms with Crippen LogP contribution in [0.2, 0.25) is 0 Å². The second-order valence-electron chi connectivity index (χ2n) is 9.77. The van der Waals surface area contributed by atoms with E-state index in [1.807, 2.05) is 6.92 Å². The fraction of sp³-hybridized carbons (Fsp3) is 0.114. The Hall–Kier alpha value is -3.91. The standard InChI is InChI=1S/C35H35BN2O2P2/c1-4-18-34(35(39)40-5-2)29(3)36-37(41(30-19-10-6-11-20-30)31-21-12-7-13-22-31)27-28-38(36)42(32-23-14-8-15-24-32)33-25-16-9-17-26-33/h4,6-17,19-28H,1,5,18H2,2-3H3/b34-29+. The summed E-state index contributed by atoms with van der Waals surface area (Å²) in [6.07, 6.45) is 6.67. The van der Waals surface area contributed by atoms with E-state index in [0.29, 0.717) is 18.6 Å². The molecule has 0 amide bonds. The average Bonchev–Trinajstić information content (AvgIpc) is 3.46. The number of allylic oxidation sites excluding steroid dienone is 2. The predicted octanol–water partition coefficient (Wildman–Crippen LogP) is 6.65. The van der Waals surface area contributed by atoms with Gasteiger partial charge in [-0.2, -0.15) is 0 Å². The number of hydrogen-bond acceptors (Lipinski definition) is 4. The fourth-order valence-corrected chi connectivity index (χ4v) is 10.2. The lowest BCUT2D eigenvalue weighted by Crippen LogP contribution is -2.46. The van der Waals surface area contributed by atoms with Gasteiger partial charge in [-0.15, -0.1) is 6.58 Å². The molecule has 0 atom stereocenters. The Labute approximate surface area is 252 Å². The van der Waals surface area contributed by atoms with Crippen LogP contribution in [0.3, 0.4) is 0 Å². The third-order valence-corrected chi connectivity index (χ3v) is 11.8. The van der Waals surface area contributed by atoms with Crippen molar-refractivity contribution in [2.75, 3.05) is 6.61 Å². The summed E-state index contributed by atoms with van der Waals surface area (Å²) < 4.78 is 10.5. The summed E-state index contributed by atoms with van der Waals surface area (Å²) in [6, 6.07) is 42.7. The Bertz CT molecular complexity index is 1360. The van der Waals surface area contributed by atoms with Crippen molar-refractivity contribution in [3.63, 3.8) is 0 Å². The van der Waals surface area contributed by atoms with Crippen LogP contribution in [0.25, 0.3) is 0 Å². The van der Waals surface area contributed by atoms with Crippen LogP contribution in [0.15, 0.2) is 157 Å². The molecule has 42 heavy (non-hydrogen) atoms. The lowest BCUT2D eigenvalue weighted by molar-refractivity contribution is -0.138. The highest BCUT2D eigenvalue weighted by Gasteiger charge is 2.44. The van der Waals surface area contributed by atoms with E-state index < -0.39 is 16.1 Å². The highest BCUT2D eigenvalue weighted by molar-refractivity contribution is 7.74. The van der Waals surface area contributed by atoms with Crippen molar-refractivity contribution >= 4 is 50.3 Å². The molecule has 4 aromatic carbocycles. The molecule has 0 fully saturated rings. The second kappa shape index (κ2) is 14.3. The average molecular weight is 588 g/mol. The molecule has 0 radical (unpaired) electrons. The van der Waals surface area contributed by atoms with E-state index in [4.69, 9.17) is 4.74 Å². The normalized spacial score (nSPS) is 13.5. The Morgan fingerprint density at radius 3 is 1.38 bits per heavy atom. The summed E-state index contributed by atoms with van der Waals surface area (Å²) in [7, 11) is -1.94. The lowest BCUT2D eigenvalue weighted by atomic mass is 9.66. The molecule has 0 aliphatic carbocycles. The van der Waals surface area contributed by atoms with Gasteiger partial charge in [-0.25, -0.2) is 4.79 Å². The first-order valence-electron chi connectivity index (χ1n) is 14.2. The van der Waals surface area contributed by atoms with Gasteiger partial charge >= 0.3 is 13.0 Å². The van der Waals surface area contributed by atoms with E-state index >= 15 is 0 Å². The zero-order valence-electron chi connectivity index (χ0n) is 24.1. The van der Waals surface area contributed by atoms with Gasteiger partial charge in [0.05, 0.1) is 6.61 Å². The first-order chi connectivity index (χ1) is 20.6. The Morgan fingerprint density at radius 1 is 0.714 bits per heavy atom. The van der Waals surface area contributed by atoms with E-state index in [2.05, 4.69) is 156 Å². The molecule has 210 valence electrons. The molecular formula is C35H35BN2O2P2. The monoisotopic (exact) mass is 588 g/mol. The van der Waals surface area contributed by atoms with Gasteiger partial charge in [-0.3, -0.25) is 0 Å². The van der Waals surface area contributed by atoms with E-state index in [0.717, 1.165) is 5.47 Å². The molecule has 7 heteroatoms. The van der Waals surface area contributed by atoms with Gasteiger partial charge in [0, 0.05) is 34.1 Å². The molecule has 0 saturated heterocycles. The van der Waals surface area contributed by atoms with Crippen LogP contribution >= 0.6 is 16.1 Å². The lowest BCUT2D eigenvalue weighted by Gasteiger charge is -2.40. The quantitative estimate of drug-likeness (QED) is 0.0646. The van der Waals surface area contributed by atoms with E-state index in [1.165, 1.54) is 21.2 Å². The molecule has 0 spiro atoms. The molecule has 4 aromatic rings. The summed E-state index contributed by atoms with van der Waals surface area (Å²) >= 11 is 0. The third-order valence-electron chi connectivity index (χ3n) is 7.07. The maximum absolute atomic E-state index is 13.4. The first-order valence-corrected chi connectivity index (χ1v) is 16.8. The van der Waals surface area contributed by atoms with E-state index in [-0.39, 0.29) is 13.0 Å². The van der Waals surface area contributed by atoms with Gasteiger partial charge < -0.3 is 13.9 Å². The first kappa shape index (κ1) is 29.6. The number of esters is 1. The van der Waals surface area contributed by atoms with Crippen molar-refractivity contribution < 1.29 is 9.53 Å². The van der Waals surface area contributed by atoms with Crippen molar-refractivity contribution in [2.45, 2.75) is 20.3 Å². The molecule has 0 aromatic heterocycles. The fourth-order valence-electron chi connectivity index (χ4n) is 5.20. The summed E-state index contributed by atoms with van der Waals surface area (Å²) in [4.78, 5) is 13.4. The Morgan fingerprint density at radius 2 is 1.07 bits per heavy atom. The molecule has 0 unspecified atom stereocenters. The minimum Gasteiger partial charge on any atom is -0.463 e. The van der Waals surface area contributed by atoms with Crippen molar-refractivity contribution in [1.29, 1.82) is 0 Å². The maximum atomic E-state index is 13.4. The van der Waals surface area contributed by atoms with E-state index in [9.17, 15) is 4.79 Å². The van der Waals surface area contributed by atoms with Crippen LogP contribution in [0.5, 0.6) is 0 Å². The number of nitrogens with zero attached hydrogens (tertiary/aromatic N) is 2. The molecule has 0 bridgehead atoms. The second-order valence-corrected chi connectivity index (χ2v) is 14.0. The molecule has 5 rings (SSSR count). The number of carbonyl (C=O) groups excluding carboxylic acids is 1.